The van der Waals surface area contributed by atoms with E-state index in [-0.39, 0.29) is 5.82 Å². The molecule has 1 unspecified atom stereocenters. The summed E-state index contributed by atoms with van der Waals surface area (Å²) in [6.07, 6.45) is 1.10. The van der Waals surface area contributed by atoms with Crippen molar-refractivity contribution in [2.75, 3.05) is 20.1 Å². The highest BCUT2D eigenvalue weighted by atomic mass is 19.1. The Balaban J connectivity index is 2.44. The summed E-state index contributed by atoms with van der Waals surface area (Å²) in [5, 5.41) is 0. The molecule has 16 heavy (non-hydrogen) atoms. The van der Waals surface area contributed by atoms with Crippen molar-refractivity contribution in [1.82, 2.24) is 4.90 Å². The molecule has 0 heterocycles. The number of hydrogen-bond donors (Lipinski definition) is 1. The summed E-state index contributed by atoms with van der Waals surface area (Å²) in [6.45, 7) is 4.72. The van der Waals surface area contributed by atoms with E-state index >= 15 is 0 Å². The van der Waals surface area contributed by atoms with Crippen LogP contribution in [0.15, 0.2) is 24.3 Å². The average Bonchev–Trinajstić information content (AvgIpc) is 2.29. The van der Waals surface area contributed by atoms with Crippen LogP contribution in [0.4, 0.5) is 4.39 Å². The van der Waals surface area contributed by atoms with Crippen molar-refractivity contribution >= 4 is 0 Å². The fourth-order valence-corrected chi connectivity index (χ4v) is 1.78. The molecule has 2 nitrogen and oxygen atoms in total. The molecule has 0 fully saturated rings. The van der Waals surface area contributed by atoms with Gasteiger partial charge in [0.1, 0.15) is 5.82 Å². The smallest absolute Gasteiger partial charge is 0.123 e. The van der Waals surface area contributed by atoms with E-state index in [0.717, 1.165) is 31.6 Å². The molecule has 0 bridgehead atoms. The first kappa shape index (κ1) is 13.1. The quantitative estimate of drug-likeness (QED) is 0.803. The van der Waals surface area contributed by atoms with Crippen LogP contribution in [-0.4, -0.2) is 25.0 Å². The number of nitrogens with two attached hydrogens (primary N) is 1. The molecule has 3 heteroatoms. The Kier molecular flexibility index (Phi) is 5.43. The Morgan fingerprint density at radius 1 is 1.31 bits per heavy atom. The molecule has 90 valence electrons. The Labute approximate surface area is 97.3 Å². The lowest BCUT2D eigenvalue weighted by molar-refractivity contribution is 0.268. The first-order valence-corrected chi connectivity index (χ1v) is 5.78. The van der Waals surface area contributed by atoms with Crippen LogP contribution in [0.3, 0.4) is 0 Å². The van der Waals surface area contributed by atoms with Crippen LogP contribution in [0.5, 0.6) is 0 Å². The van der Waals surface area contributed by atoms with Gasteiger partial charge >= 0.3 is 0 Å². The van der Waals surface area contributed by atoms with Crippen LogP contribution in [0.1, 0.15) is 18.9 Å². The van der Waals surface area contributed by atoms with Gasteiger partial charge in [0.2, 0.25) is 0 Å². The minimum absolute atomic E-state index is 0.181. The SMILES string of the molecule is CCC(CN)CN(C)Cc1ccc(F)cc1. The maximum Gasteiger partial charge on any atom is 0.123 e. The van der Waals surface area contributed by atoms with Crippen molar-refractivity contribution in [3.05, 3.63) is 35.6 Å². The lowest BCUT2D eigenvalue weighted by Crippen LogP contribution is -2.29. The molecular weight excluding hydrogens is 203 g/mol. The summed E-state index contributed by atoms with van der Waals surface area (Å²) in [7, 11) is 2.07. The van der Waals surface area contributed by atoms with Gasteiger partial charge in [-0.2, -0.15) is 0 Å². The monoisotopic (exact) mass is 224 g/mol. The van der Waals surface area contributed by atoms with Gasteiger partial charge in [-0.25, -0.2) is 4.39 Å². The molecule has 1 rings (SSSR count). The third kappa shape index (κ3) is 4.29. The number of benzene rings is 1. The van der Waals surface area contributed by atoms with Crippen LogP contribution in [0, 0.1) is 11.7 Å². The Bertz CT molecular complexity index is 293. The Hall–Kier alpha value is -0.930. The van der Waals surface area contributed by atoms with E-state index in [4.69, 9.17) is 5.73 Å². The molecule has 1 aromatic rings. The normalized spacial score (nSPS) is 13.1. The molecule has 0 saturated heterocycles. The summed E-state index contributed by atoms with van der Waals surface area (Å²) in [5.74, 6) is 0.366. The maximum atomic E-state index is 12.7. The zero-order chi connectivity index (χ0) is 12.0. The third-order valence-electron chi connectivity index (χ3n) is 2.85. The molecule has 0 saturated carbocycles. The first-order valence-electron chi connectivity index (χ1n) is 5.78. The van der Waals surface area contributed by atoms with Gasteiger partial charge in [0.15, 0.2) is 0 Å². The van der Waals surface area contributed by atoms with Crippen LogP contribution < -0.4 is 5.73 Å². The molecule has 0 spiro atoms. The molecule has 0 amide bonds. The fraction of sp³-hybridized carbons (Fsp3) is 0.538. The van der Waals surface area contributed by atoms with E-state index in [1.165, 1.54) is 12.1 Å². The summed E-state index contributed by atoms with van der Waals surface area (Å²) < 4.78 is 12.7. The van der Waals surface area contributed by atoms with Gasteiger partial charge in [-0.15, -0.1) is 0 Å². The highest BCUT2D eigenvalue weighted by Gasteiger charge is 2.08. The minimum Gasteiger partial charge on any atom is -0.330 e. The first-order chi connectivity index (χ1) is 7.65. The predicted octanol–water partition coefficient (Wildman–Crippen LogP) is 2.24. The van der Waals surface area contributed by atoms with Crippen molar-refractivity contribution in [3.63, 3.8) is 0 Å². The van der Waals surface area contributed by atoms with Gasteiger partial charge in [0.25, 0.3) is 0 Å². The molecule has 0 aliphatic carbocycles. The highest BCUT2D eigenvalue weighted by Crippen LogP contribution is 2.08. The molecule has 1 aromatic carbocycles. The lowest BCUT2D eigenvalue weighted by Gasteiger charge is -2.22. The largest absolute Gasteiger partial charge is 0.330 e. The fourth-order valence-electron chi connectivity index (χ4n) is 1.78. The predicted molar refractivity (Wildman–Crippen MR) is 65.6 cm³/mol. The van der Waals surface area contributed by atoms with Crippen molar-refractivity contribution in [2.45, 2.75) is 19.9 Å². The molecule has 2 N–H and O–H groups in total. The minimum atomic E-state index is -0.181. The van der Waals surface area contributed by atoms with Crippen molar-refractivity contribution < 1.29 is 4.39 Å². The van der Waals surface area contributed by atoms with Crippen LogP contribution in [0.2, 0.25) is 0 Å². The van der Waals surface area contributed by atoms with Crippen molar-refractivity contribution in [3.8, 4) is 0 Å². The van der Waals surface area contributed by atoms with Gasteiger partial charge < -0.3 is 10.6 Å². The second-order valence-electron chi connectivity index (χ2n) is 4.33. The number of rotatable bonds is 6. The number of halogens is 1. The highest BCUT2D eigenvalue weighted by molar-refractivity contribution is 5.15. The number of nitrogens with zero attached hydrogens (tertiary/aromatic N) is 1. The molecule has 0 aliphatic rings. The van der Waals surface area contributed by atoms with Crippen molar-refractivity contribution in [1.29, 1.82) is 0 Å². The maximum absolute atomic E-state index is 12.7. The van der Waals surface area contributed by atoms with Gasteiger partial charge in [-0.1, -0.05) is 25.5 Å². The lowest BCUT2D eigenvalue weighted by atomic mass is 10.1. The summed E-state index contributed by atoms with van der Waals surface area (Å²) >= 11 is 0. The van der Waals surface area contributed by atoms with E-state index < -0.39 is 0 Å². The van der Waals surface area contributed by atoms with Crippen LogP contribution >= 0.6 is 0 Å². The standard InChI is InChI=1S/C13H21FN2/c1-3-11(8-15)9-16(2)10-12-4-6-13(14)7-5-12/h4-7,11H,3,8-10,15H2,1-2H3. The summed E-state index contributed by atoms with van der Waals surface area (Å²) in [5.41, 5.74) is 6.80. The second-order valence-corrected chi connectivity index (χ2v) is 4.33. The summed E-state index contributed by atoms with van der Waals surface area (Å²) in [6, 6.07) is 6.66. The van der Waals surface area contributed by atoms with Gasteiger partial charge in [0, 0.05) is 13.1 Å². The zero-order valence-corrected chi connectivity index (χ0v) is 10.1. The van der Waals surface area contributed by atoms with Crippen molar-refractivity contribution in [2.24, 2.45) is 11.7 Å². The van der Waals surface area contributed by atoms with E-state index in [1.807, 2.05) is 12.1 Å². The van der Waals surface area contributed by atoms with Crippen LogP contribution in [-0.2, 0) is 6.54 Å². The van der Waals surface area contributed by atoms with Crippen LogP contribution in [0.25, 0.3) is 0 Å². The Morgan fingerprint density at radius 2 is 1.94 bits per heavy atom. The van der Waals surface area contributed by atoms with Gasteiger partial charge in [0.05, 0.1) is 0 Å². The zero-order valence-electron chi connectivity index (χ0n) is 10.1. The second kappa shape index (κ2) is 6.61. The van der Waals surface area contributed by atoms with E-state index in [2.05, 4.69) is 18.9 Å². The Morgan fingerprint density at radius 3 is 2.44 bits per heavy atom. The molecule has 0 aromatic heterocycles. The summed E-state index contributed by atoms with van der Waals surface area (Å²) in [4.78, 5) is 2.23. The molecule has 0 aliphatic heterocycles. The average molecular weight is 224 g/mol. The molecule has 0 radical (unpaired) electrons. The van der Waals surface area contributed by atoms with E-state index in [9.17, 15) is 4.39 Å². The van der Waals surface area contributed by atoms with E-state index in [0.29, 0.717) is 5.92 Å². The van der Waals surface area contributed by atoms with Gasteiger partial charge in [-0.05, 0) is 37.2 Å². The molecular formula is C13H21FN2. The van der Waals surface area contributed by atoms with Gasteiger partial charge in [-0.3, -0.25) is 0 Å². The molecule has 1 atom stereocenters. The third-order valence-corrected chi connectivity index (χ3v) is 2.85. The number of hydrogen-bond acceptors (Lipinski definition) is 2. The van der Waals surface area contributed by atoms with E-state index in [1.54, 1.807) is 0 Å². The topological polar surface area (TPSA) is 29.3 Å².